The molecular weight excluding hydrogens is 462 g/mol. The Morgan fingerprint density at radius 2 is 1.83 bits per heavy atom. The zero-order valence-electron chi connectivity index (χ0n) is 15.9. The van der Waals surface area contributed by atoms with Crippen LogP contribution in [0.25, 0.3) is 0 Å². The van der Waals surface area contributed by atoms with Crippen molar-refractivity contribution in [1.29, 1.82) is 0 Å². The van der Waals surface area contributed by atoms with Crippen molar-refractivity contribution >= 4 is 45.3 Å². The number of hydrogen-bond donors (Lipinski definition) is 1. The summed E-state index contributed by atoms with van der Waals surface area (Å²) in [5, 5.41) is 14.5. The Hall–Kier alpha value is -3.08. The maximum absolute atomic E-state index is 12.2. The van der Waals surface area contributed by atoms with Crippen molar-refractivity contribution in [3.63, 3.8) is 0 Å². The van der Waals surface area contributed by atoms with Gasteiger partial charge in [-0.2, -0.15) is 0 Å². The number of nitrogens with zero attached hydrogens (tertiary/aromatic N) is 2. The summed E-state index contributed by atoms with van der Waals surface area (Å²) in [4.78, 5) is 58.9. The number of nitro benzene ring substituents is 1. The number of benzene rings is 1. The molecule has 1 aromatic carbocycles. The molecule has 2 rings (SSSR count). The lowest BCUT2D eigenvalue weighted by Crippen LogP contribution is -2.36. The number of imide groups is 1. The highest BCUT2D eigenvalue weighted by molar-refractivity contribution is 9.09. The third-order valence-electron chi connectivity index (χ3n) is 4.22. The zero-order chi connectivity index (χ0) is 22.1. The van der Waals surface area contributed by atoms with Gasteiger partial charge in [-0.25, -0.2) is 0 Å². The van der Waals surface area contributed by atoms with Crippen LogP contribution >= 0.6 is 15.9 Å². The van der Waals surface area contributed by atoms with Crippen LogP contribution in [-0.2, 0) is 23.9 Å². The molecule has 160 valence electrons. The van der Waals surface area contributed by atoms with Crippen molar-refractivity contribution in [3.05, 3.63) is 52.1 Å². The molecule has 1 aromatic rings. The Morgan fingerprint density at radius 1 is 1.17 bits per heavy atom. The lowest BCUT2D eigenvalue weighted by molar-refractivity contribution is -0.386. The van der Waals surface area contributed by atoms with Gasteiger partial charge in [0, 0.05) is 42.9 Å². The number of amides is 3. The fraction of sp³-hybridized carbons (Fsp3) is 0.368. The standard InChI is InChI=1S/C19H20BrN3O7/c20-10-3-6-19(27)30-15(13-4-1-2-5-14(13)23(28)29)12-21-16(24)9-11-22-17(25)7-8-18(22)26/h1-2,4-5,7-8,15H,3,6,9-12H2,(H,21,24). The van der Waals surface area contributed by atoms with Crippen molar-refractivity contribution in [3.8, 4) is 0 Å². The molecule has 1 aliphatic rings. The van der Waals surface area contributed by atoms with Crippen LogP contribution in [0.4, 0.5) is 5.69 Å². The molecule has 0 fully saturated rings. The van der Waals surface area contributed by atoms with Crippen LogP contribution in [0.5, 0.6) is 0 Å². The number of alkyl halides is 1. The van der Waals surface area contributed by atoms with E-state index < -0.39 is 34.7 Å². The average Bonchev–Trinajstić information content (AvgIpc) is 3.05. The summed E-state index contributed by atoms with van der Waals surface area (Å²) in [5.41, 5.74) is -0.0755. The molecule has 3 amide bonds. The summed E-state index contributed by atoms with van der Waals surface area (Å²) in [6, 6.07) is 5.80. The summed E-state index contributed by atoms with van der Waals surface area (Å²) in [5.74, 6) is -2.04. The minimum atomic E-state index is -1.06. The Kier molecular flexibility index (Phi) is 8.66. The van der Waals surface area contributed by atoms with Crippen molar-refractivity contribution in [2.45, 2.75) is 25.4 Å². The molecule has 1 aliphatic heterocycles. The van der Waals surface area contributed by atoms with Gasteiger partial charge in [-0.05, 0) is 12.5 Å². The smallest absolute Gasteiger partial charge is 0.306 e. The van der Waals surface area contributed by atoms with Gasteiger partial charge in [-0.3, -0.25) is 34.2 Å². The number of halogens is 1. The number of hydrogen-bond acceptors (Lipinski definition) is 7. The van der Waals surface area contributed by atoms with Crippen molar-refractivity contribution in [1.82, 2.24) is 10.2 Å². The second-order valence-corrected chi connectivity index (χ2v) is 7.10. The summed E-state index contributed by atoms with van der Waals surface area (Å²) < 4.78 is 5.38. The molecule has 0 aromatic heterocycles. The molecule has 11 heteroatoms. The molecule has 10 nitrogen and oxygen atoms in total. The highest BCUT2D eigenvalue weighted by Crippen LogP contribution is 2.27. The van der Waals surface area contributed by atoms with Gasteiger partial charge in [0.2, 0.25) is 5.91 Å². The van der Waals surface area contributed by atoms with E-state index in [1.807, 2.05) is 0 Å². The van der Waals surface area contributed by atoms with Crippen molar-refractivity contribution < 1.29 is 28.8 Å². The van der Waals surface area contributed by atoms with Crippen LogP contribution in [0, 0.1) is 10.1 Å². The van der Waals surface area contributed by atoms with Crippen LogP contribution in [0.15, 0.2) is 36.4 Å². The molecule has 0 saturated carbocycles. The van der Waals surface area contributed by atoms with Crippen LogP contribution in [0.3, 0.4) is 0 Å². The van der Waals surface area contributed by atoms with Gasteiger partial charge in [-0.1, -0.05) is 28.1 Å². The van der Waals surface area contributed by atoms with Crippen molar-refractivity contribution in [2.24, 2.45) is 0 Å². The number of esters is 1. The maximum Gasteiger partial charge on any atom is 0.306 e. The average molecular weight is 482 g/mol. The van der Waals surface area contributed by atoms with E-state index in [1.54, 1.807) is 6.07 Å². The van der Waals surface area contributed by atoms with E-state index in [2.05, 4.69) is 21.2 Å². The predicted molar refractivity (Wildman–Crippen MR) is 108 cm³/mol. The molecule has 30 heavy (non-hydrogen) atoms. The Morgan fingerprint density at radius 3 is 2.47 bits per heavy atom. The fourth-order valence-corrected chi connectivity index (χ4v) is 3.01. The number of nitrogens with one attached hydrogen (secondary N) is 1. The molecule has 1 heterocycles. The van der Waals surface area contributed by atoms with Crippen LogP contribution in [0.1, 0.15) is 30.9 Å². The lowest BCUT2D eigenvalue weighted by atomic mass is 10.1. The predicted octanol–water partition coefficient (Wildman–Crippen LogP) is 1.79. The van der Waals surface area contributed by atoms with Gasteiger partial charge in [0.05, 0.1) is 17.0 Å². The highest BCUT2D eigenvalue weighted by atomic mass is 79.9. The van der Waals surface area contributed by atoms with Crippen LogP contribution < -0.4 is 5.32 Å². The van der Waals surface area contributed by atoms with E-state index in [-0.39, 0.29) is 37.2 Å². The Balaban J connectivity index is 2.03. The molecule has 0 aliphatic carbocycles. The van der Waals surface area contributed by atoms with Gasteiger partial charge in [-0.15, -0.1) is 0 Å². The van der Waals surface area contributed by atoms with E-state index in [1.165, 1.54) is 18.2 Å². The van der Waals surface area contributed by atoms with E-state index in [4.69, 9.17) is 4.74 Å². The lowest BCUT2D eigenvalue weighted by Gasteiger charge is -2.19. The minimum absolute atomic E-state index is 0.0995. The third kappa shape index (κ3) is 6.48. The third-order valence-corrected chi connectivity index (χ3v) is 4.78. The Bertz CT molecular complexity index is 853. The van der Waals surface area contributed by atoms with Gasteiger partial charge in [0.25, 0.3) is 17.5 Å². The fourth-order valence-electron chi connectivity index (χ4n) is 2.73. The highest BCUT2D eigenvalue weighted by Gasteiger charge is 2.27. The van der Waals surface area contributed by atoms with E-state index in [0.29, 0.717) is 11.8 Å². The monoisotopic (exact) mass is 481 g/mol. The SMILES string of the molecule is O=C(CCN1C(=O)C=CC1=O)NCC(OC(=O)CCCBr)c1ccccc1[N+](=O)[O-]. The quantitative estimate of drug-likeness (QED) is 0.167. The zero-order valence-corrected chi connectivity index (χ0v) is 17.5. The Labute approximate surface area is 180 Å². The molecule has 0 radical (unpaired) electrons. The normalized spacial score (nSPS) is 14.0. The minimum Gasteiger partial charge on any atom is -0.455 e. The number of para-hydroxylation sites is 1. The first-order valence-electron chi connectivity index (χ1n) is 9.12. The summed E-state index contributed by atoms with van der Waals surface area (Å²) in [6.45, 7) is -0.290. The van der Waals surface area contributed by atoms with Gasteiger partial charge >= 0.3 is 5.97 Å². The molecule has 1 unspecified atom stereocenters. The van der Waals surface area contributed by atoms with E-state index >= 15 is 0 Å². The summed E-state index contributed by atoms with van der Waals surface area (Å²) in [6.07, 6.45) is 1.67. The first-order chi connectivity index (χ1) is 14.3. The number of nitro groups is 1. The van der Waals surface area contributed by atoms with Crippen LogP contribution in [0.2, 0.25) is 0 Å². The van der Waals surface area contributed by atoms with Gasteiger partial charge < -0.3 is 10.1 Å². The molecule has 0 saturated heterocycles. The van der Waals surface area contributed by atoms with Gasteiger partial charge in [0.1, 0.15) is 0 Å². The number of ether oxygens (including phenoxy) is 1. The van der Waals surface area contributed by atoms with E-state index in [0.717, 1.165) is 17.1 Å². The first kappa shape index (κ1) is 23.2. The van der Waals surface area contributed by atoms with Crippen LogP contribution in [-0.4, -0.2) is 51.9 Å². The summed E-state index contributed by atoms with van der Waals surface area (Å²) in [7, 11) is 0. The molecule has 0 spiro atoms. The second-order valence-electron chi connectivity index (χ2n) is 6.30. The number of carbonyl (C=O) groups excluding carboxylic acids is 4. The molecule has 1 N–H and O–H groups in total. The molecule has 0 bridgehead atoms. The first-order valence-corrected chi connectivity index (χ1v) is 10.2. The largest absolute Gasteiger partial charge is 0.455 e. The topological polar surface area (TPSA) is 136 Å². The van der Waals surface area contributed by atoms with E-state index in [9.17, 15) is 29.3 Å². The molecule has 1 atom stereocenters. The number of rotatable bonds is 11. The maximum atomic E-state index is 12.2. The second kappa shape index (κ2) is 11.2. The van der Waals surface area contributed by atoms with Crippen molar-refractivity contribution in [2.75, 3.05) is 18.4 Å². The number of carbonyl (C=O) groups is 4. The van der Waals surface area contributed by atoms with Gasteiger partial charge in [0.15, 0.2) is 6.10 Å². The summed E-state index contributed by atoms with van der Waals surface area (Å²) >= 11 is 3.21. The molecular formula is C19H20BrN3O7.